The topological polar surface area (TPSA) is 96.5 Å². The van der Waals surface area contributed by atoms with E-state index in [1.807, 2.05) is 12.1 Å². The molecule has 0 radical (unpaired) electrons. The van der Waals surface area contributed by atoms with Crippen LogP contribution in [0.2, 0.25) is 0 Å². The van der Waals surface area contributed by atoms with Gasteiger partial charge in [0.1, 0.15) is 11.6 Å². The van der Waals surface area contributed by atoms with Gasteiger partial charge in [-0.3, -0.25) is 14.5 Å². The number of ether oxygens (including phenoxy) is 1. The quantitative estimate of drug-likeness (QED) is 0.509. The highest BCUT2D eigenvalue weighted by atomic mass is 32.1. The van der Waals surface area contributed by atoms with Crippen LogP contribution in [0.15, 0.2) is 48.5 Å². The van der Waals surface area contributed by atoms with Crippen LogP contribution in [0.4, 0.5) is 10.1 Å². The van der Waals surface area contributed by atoms with Crippen LogP contribution in [0.25, 0.3) is 0 Å². The number of hydrogen-bond acceptors (Lipinski definition) is 7. The minimum Gasteiger partial charge on any atom is -0.497 e. The Balaban J connectivity index is 1.22. The average Bonchev–Trinajstić information content (AvgIpc) is 3.36. The molecular weight excluding hydrogens is 457 g/mol. The van der Waals surface area contributed by atoms with Gasteiger partial charge in [0.05, 0.1) is 7.11 Å². The number of amides is 2. The molecule has 2 N–H and O–H groups in total. The predicted molar refractivity (Wildman–Crippen MR) is 128 cm³/mol. The highest BCUT2D eigenvalue weighted by Crippen LogP contribution is 2.20. The number of hydrogen-bond donors (Lipinski definition) is 2. The Labute approximate surface area is 201 Å². The van der Waals surface area contributed by atoms with E-state index < -0.39 is 5.91 Å². The molecule has 1 saturated heterocycles. The van der Waals surface area contributed by atoms with Crippen LogP contribution < -0.4 is 15.4 Å². The normalized spacial score (nSPS) is 14.5. The molecule has 0 unspecified atom stereocenters. The minimum atomic E-state index is -0.427. The Morgan fingerprint density at radius 1 is 1.06 bits per heavy atom. The summed E-state index contributed by atoms with van der Waals surface area (Å²) in [6, 6.07) is 13.7. The van der Waals surface area contributed by atoms with Gasteiger partial charge in [0.15, 0.2) is 0 Å². The maximum absolute atomic E-state index is 13.9. The fraction of sp³-hybridized carbons (Fsp3) is 0.333. The number of carbonyl (C=O) groups excluding carboxylic acids is 2. The lowest BCUT2D eigenvalue weighted by molar-refractivity contribution is 0.0933. The molecule has 4 rings (SSSR count). The SMILES string of the molecule is COc1ccc(NC(=O)c2nnc(C(=O)NCC3CCN(Cc4ccccc4F)CC3)s2)cc1. The Bertz CT molecular complexity index is 1130. The van der Waals surface area contributed by atoms with Crippen molar-refractivity contribution in [1.29, 1.82) is 0 Å². The van der Waals surface area contributed by atoms with E-state index in [0.717, 1.165) is 37.3 Å². The van der Waals surface area contributed by atoms with Gasteiger partial charge in [-0.1, -0.05) is 29.5 Å². The fourth-order valence-electron chi connectivity index (χ4n) is 3.79. The van der Waals surface area contributed by atoms with Gasteiger partial charge in [-0.2, -0.15) is 0 Å². The summed E-state index contributed by atoms with van der Waals surface area (Å²) in [6.07, 6.45) is 1.83. The van der Waals surface area contributed by atoms with Crippen molar-refractivity contribution in [1.82, 2.24) is 20.4 Å². The number of nitrogens with one attached hydrogen (secondary N) is 2. The first kappa shape index (κ1) is 23.8. The van der Waals surface area contributed by atoms with Crippen molar-refractivity contribution < 1.29 is 18.7 Å². The molecule has 0 atom stereocenters. The number of piperidine rings is 1. The molecule has 8 nitrogen and oxygen atoms in total. The molecule has 34 heavy (non-hydrogen) atoms. The first-order valence-electron chi connectivity index (χ1n) is 11.0. The van der Waals surface area contributed by atoms with Crippen LogP contribution in [-0.2, 0) is 6.54 Å². The molecule has 10 heteroatoms. The van der Waals surface area contributed by atoms with Gasteiger partial charge in [0.2, 0.25) is 10.0 Å². The molecule has 178 valence electrons. The zero-order valence-electron chi connectivity index (χ0n) is 18.8. The molecule has 0 saturated carbocycles. The zero-order chi connectivity index (χ0) is 23.9. The van der Waals surface area contributed by atoms with E-state index in [1.54, 1.807) is 37.4 Å². The van der Waals surface area contributed by atoms with Crippen LogP contribution >= 0.6 is 11.3 Å². The van der Waals surface area contributed by atoms with Crippen LogP contribution in [0.1, 0.15) is 38.0 Å². The van der Waals surface area contributed by atoms with Crippen LogP contribution in [0.3, 0.4) is 0 Å². The van der Waals surface area contributed by atoms with E-state index in [9.17, 15) is 14.0 Å². The maximum Gasteiger partial charge on any atom is 0.286 e. The number of nitrogens with zero attached hydrogens (tertiary/aromatic N) is 3. The zero-order valence-corrected chi connectivity index (χ0v) is 19.6. The summed E-state index contributed by atoms with van der Waals surface area (Å²) >= 11 is 0.951. The summed E-state index contributed by atoms with van der Waals surface area (Å²) < 4.78 is 19.0. The number of aromatic nitrogens is 2. The molecule has 0 aliphatic carbocycles. The molecule has 3 aromatic rings. The van der Waals surface area contributed by atoms with E-state index in [2.05, 4.69) is 25.7 Å². The van der Waals surface area contributed by atoms with E-state index in [1.165, 1.54) is 6.07 Å². The lowest BCUT2D eigenvalue weighted by Gasteiger charge is -2.32. The fourth-order valence-corrected chi connectivity index (χ4v) is 4.45. The van der Waals surface area contributed by atoms with Gasteiger partial charge < -0.3 is 15.4 Å². The van der Waals surface area contributed by atoms with Crippen molar-refractivity contribution in [2.75, 3.05) is 32.1 Å². The second-order valence-corrected chi connectivity index (χ2v) is 9.09. The Morgan fingerprint density at radius 3 is 2.41 bits per heavy atom. The first-order valence-corrected chi connectivity index (χ1v) is 11.9. The van der Waals surface area contributed by atoms with Crippen molar-refractivity contribution in [2.24, 2.45) is 5.92 Å². The third-order valence-electron chi connectivity index (χ3n) is 5.77. The Kier molecular flexibility index (Phi) is 7.81. The van der Waals surface area contributed by atoms with Crippen molar-refractivity contribution >= 4 is 28.8 Å². The van der Waals surface area contributed by atoms with Gasteiger partial charge in [0.25, 0.3) is 11.8 Å². The Hall–Kier alpha value is -3.37. The van der Waals surface area contributed by atoms with E-state index in [4.69, 9.17) is 4.74 Å². The summed E-state index contributed by atoms with van der Waals surface area (Å²) in [4.78, 5) is 27.1. The Morgan fingerprint density at radius 2 is 1.74 bits per heavy atom. The number of likely N-dealkylation sites (tertiary alicyclic amines) is 1. The van der Waals surface area contributed by atoms with Crippen molar-refractivity contribution in [2.45, 2.75) is 19.4 Å². The van der Waals surface area contributed by atoms with Crippen LogP contribution in [0, 0.1) is 11.7 Å². The highest BCUT2D eigenvalue weighted by molar-refractivity contribution is 7.15. The molecule has 1 aliphatic rings. The first-order chi connectivity index (χ1) is 16.5. The largest absolute Gasteiger partial charge is 0.497 e. The van der Waals surface area contributed by atoms with Gasteiger partial charge in [-0.05, 0) is 62.2 Å². The van der Waals surface area contributed by atoms with Crippen molar-refractivity contribution in [3.63, 3.8) is 0 Å². The number of methoxy groups -OCH3 is 1. The molecule has 0 spiro atoms. The molecule has 1 aromatic heterocycles. The highest BCUT2D eigenvalue weighted by Gasteiger charge is 2.22. The summed E-state index contributed by atoms with van der Waals surface area (Å²) in [5.74, 6) is 0.0833. The number of halogens is 1. The number of anilines is 1. The second-order valence-electron chi connectivity index (χ2n) is 8.12. The van der Waals surface area contributed by atoms with Gasteiger partial charge in [-0.25, -0.2) is 4.39 Å². The average molecular weight is 484 g/mol. The summed E-state index contributed by atoms with van der Waals surface area (Å²) in [7, 11) is 1.57. The van der Waals surface area contributed by atoms with E-state index in [0.29, 0.717) is 36.0 Å². The van der Waals surface area contributed by atoms with Crippen molar-refractivity contribution in [3.05, 3.63) is 69.9 Å². The van der Waals surface area contributed by atoms with Crippen LogP contribution in [-0.4, -0.2) is 53.7 Å². The maximum atomic E-state index is 13.9. The number of carbonyl (C=O) groups is 2. The van der Waals surface area contributed by atoms with Crippen LogP contribution in [0.5, 0.6) is 5.75 Å². The van der Waals surface area contributed by atoms with Gasteiger partial charge in [0, 0.05) is 24.3 Å². The lowest BCUT2D eigenvalue weighted by atomic mass is 9.96. The molecule has 0 bridgehead atoms. The molecule has 2 aromatic carbocycles. The van der Waals surface area contributed by atoms with Gasteiger partial charge in [-0.15, -0.1) is 10.2 Å². The molecule has 2 amide bonds. The summed E-state index contributed by atoms with van der Waals surface area (Å²) in [5, 5.41) is 13.6. The minimum absolute atomic E-state index is 0.113. The lowest BCUT2D eigenvalue weighted by Crippen LogP contribution is -2.38. The molecule has 1 aliphatic heterocycles. The van der Waals surface area contributed by atoms with E-state index in [-0.39, 0.29) is 21.7 Å². The van der Waals surface area contributed by atoms with Crippen molar-refractivity contribution in [3.8, 4) is 5.75 Å². The summed E-state index contributed by atoms with van der Waals surface area (Å²) in [6.45, 7) is 2.82. The molecule has 1 fully saturated rings. The second kappa shape index (κ2) is 11.2. The van der Waals surface area contributed by atoms with Gasteiger partial charge >= 0.3 is 0 Å². The standard InChI is InChI=1S/C24H26FN5O3S/c1-33-19-8-6-18(7-9-19)27-22(32)24-29-28-23(34-24)21(31)26-14-16-10-12-30(13-11-16)15-17-4-2-3-5-20(17)25/h2-9,16H,10-15H2,1H3,(H,26,31)(H,27,32). The summed E-state index contributed by atoms with van der Waals surface area (Å²) in [5.41, 5.74) is 1.30. The third kappa shape index (κ3) is 6.15. The smallest absolute Gasteiger partial charge is 0.286 e. The predicted octanol–water partition coefficient (Wildman–Crippen LogP) is 3.58. The molecular formula is C24H26FN5O3S. The third-order valence-corrected chi connectivity index (χ3v) is 6.69. The van der Waals surface area contributed by atoms with E-state index >= 15 is 0 Å². The number of rotatable bonds is 8. The number of benzene rings is 2. The monoisotopic (exact) mass is 483 g/mol. The molecule has 2 heterocycles.